The van der Waals surface area contributed by atoms with Crippen molar-refractivity contribution in [1.82, 2.24) is 4.98 Å². The molecule has 0 atom stereocenters. The Morgan fingerprint density at radius 1 is 0.870 bits per heavy atom. The third-order valence-electron chi connectivity index (χ3n) is 3.56. The van der Waals surface area contributed by atoms with Crippen LogP contribution in [0, 0.1) is 0 Å². The minimum absolute atomic E-state index is 0.697. The molecule has 0 saturated carbocycles. The zero-order valence-corrected chi connectivity index (χ0v) is 14.8. The standard InChI is InChI=1S/C17H22N2O2S2/c1-3-15-4-2-6-18-17(15)16(5-1)19-13-22-11-9-20-7-8-21-10-12-23-14-19/h1-6H,7-14H2. The number of hydrogen-bond acceptors (Lipinski definition) is 6. The first-order valence-corrected chi connectivity index (χ1v) is 10.2. The van der Waals surface area contributed by atoms with Gasteiger partial charge in [0.1, 0.15) is 0 Å². The number of hydrogen-bond donors (Lipinski definition) is 0. The molecular formula is C17H22N2O2S2. The summed E-state index contributed by atoms with van der Waals surface area (Å²) in [4.78, 5) is 7.00. The second-order valence-corrected chi connectivity index (χ2v) is 7.34. The minimum atomic E-state index is 0.697. The van der Waals surface area contributed by atoms with Crippen LogP contribution < -0.4 is 4.90 Å². The van der Waals surface area contributed by atoms with E-state index >= 15 is 0 Å². The molecule has 124 valence electrons. The van der Waals surface area contributed by atoms with E-state index in [1.807, 2.05) is 35.8 Å². The summed E-state index contributed by atoms with van der Waals surface area (Å²) in [6.45, 7) is 2.95. The van der Waals surface area contributed by atoms with E-state index in [0.29, 0.717) is 13.2 Å². The monoisotopic (exact) mass is 350 g/mol. The molecule has 0 aliphatic carbocycles. The maximum atomic E-state index is 5.57. The van der Waals surface area contributed by atoms with Crippen LogP contribution in [0.1, 0.15) is 0 Å². The van der Waals surface area contributed by atoms with Gasteiger partial charge in [0.05, 0.1) is 49.4 Å². The Hall–Kier alpha value is -0.950. The van der Waals surface area contributed by atoms with Crippen LogP contribution in [0.2, 0.25) is 0 Å². The van der Waals surface area contributed by atoms with Crippen molar-refractivity contribution in [2.45, 2.75) is 0 Å². The highest BCUT2D eigenvalue weighted by Crippen LogP contribution is 2.27. The Labute approximate surface area is 145 Å². The predicted octanol–water partition coefficient (Wildman–Crippen LogP) is 3.47. The third-order valence-corrected chi connectivity index (χ3v) is 5.46. The smallest absolute Gasteiger partial charge is 0.0935 e. The van der Waals surface area contributed by atoms with Gasteiger partial charge < -0.3 is 14.4 Å². The molecule has 2 heterocycles. The van der Waals surface area contributed by atoms with Crippen molar-refractivity contribution in [3.05, 3.63) is 36.5 Å². The predicted molar refractivity (Wildman–Crippen MR) is 101 cm³/mol. The number of para-hydroxylation sites is 1. The SMILES string of the molecule is c1cnc2c(N3CSCCOCCOCCSC3)cccc2c1. The number of rotatable bonds is 1. The van der Waals surface area contributed by atoms with Gasteiger partial charge >= 0.3 is 0 Å². The molecule has 1 aliphatic heterocycles. The Balaban J connectivity index is 1.75. The van der Waals surface area contributed by atoms with Crippen LogP contribution in [0.25, 0.3) is 10.9 Å². The number of anilines is 1. The van der Waals surface area contributed by atoms with Crippen LogP contribution in [-0.4, -0.2) is 54.7 Å². The highest BCUT2D eigenvalue weighted by Gasteiger charge is 2.11. The van der Waals surface area contributed by atoms with Gasteiger partial charge in [0, 0.05) is 23.1 Å². The summed E-state index contributed by atoms with van der Waals surface area (Å²) in [6, 6.07) is 10.5. The maximum Gasteiger partial charge on any atom is 0.0935 e. The third kappa shape index (κ3) is 5.01. The Morgan fingerprint density at radius 3 is 2.30 bits per heavy atom. The van der Waals surface area contributed by atoms with Crippen LogP contribution in [0.5, 0.6) is 0 Å². The number of pyridine rings is 1. The van der Waals surface area contributed by atoms with Crippen LogP contribution in [0.4, 0.5) is 5.69 Å². The van der Waals surface area contributed by atoms with E-state index < -0.39 is 0 Å². The van der Waals surface area contributed by atoms with Gasteiger partial charge in [-0.05, 0) is 12.1 Å². The fraction of sp³-hybridized carbons (Fsp3) is 0.471. The van der Waals surface area contributed by atoms with Gasteiger partial charge in [0.15, 0.2) is 0 Å². The summed E-state index contributed by atoms with van der Waals surface area (Å²) in [5, 5.41) is 1.19. The molecule has 0 bridgehead atoms. The molecule has 1 saturated heterocycles. The number of ether oxygens (including phenoxy) is 2. The average Bonchev–Trinajstić information content (AvgIpc) is 2.62. The lowest BCUT2D eigenvalue weighted by Gasteiger charge is -2.25. The van der Waals surface area contributed by atoms with Crippen LogP contribution in [0.3, 0.4) is 0 Å². The molecule has 0 radical (unpaired) electrons. The molecule has 4 nitrogen and oxygen atoms in total. The first-order valence-electron chi connectivity index (χ1n) is 7.85. The Morgan fingerprint density at radius 2 is 1.57 bits per heavy atom. The van der Waals surface area contributed by atoms with E-state index in [4.69, 9.17) is 9.47 Å². The van der Waals surface area contributed by atoms with Gasteiger partial charge in [0.25, 0.3) is 0 Å². The zero-order chi connectivity index (χ0) is 15.7. The maximum absolute atomic E-state index is 5.57. The summed E-state index contributed by atoms with van der Waals surface area (Å²) in [7, 11) is 0. The molecule has 2 aromatic rings. The quantitative estimate of drug-likeness (QED) is 0.783. The molecule has 23 heavy (non-hydrogen) atoms. The normalized spacial score (nSPS) is 18.9. The van der Waals surface area contributed by atoms with E-state index in [9.17, 15) is 0 Å². The molecule has 1 aromatic heterocycles. The van der Waals surface area contributed by atoms with Gasteiger partial charge in [-0.3, -0.25) is 4.98 Å². The summed E-state index contributed by atoms with van der Waals surface area (Å²) in [5.41, 5.74) is 2.29. The fourth-order valence-corrected chi connectivity index (χ4v) is 4.17. The van der Waals surface area contributed by atoms with E-state index in [-0.39, 0.29) is 0 Å². The topological polar surface area (TPSA) is 34.6 Å². The molecule has 0 unspecified atom stereocenters. The number of nitrogens with zero attached hydrogens (tertiary/aromatic N) is 2. The molecule has 0 spiro atoms. The lowest BCUT2D eigenvalue weighted by atomic mass is 10.2. The van der Waals surface area contributed by atoms with Crippen LogP contribution in [0.15, 0.2) is 36.5 Å². The van der Waals surface area contributed by atoms with Gasteiger partial charge in [-0.15, -0.1) is 23.5 Å². The number of fused-ring (bicyclic) bond motifs is 1. The largest absolute Gasteiger partial charge is 0.378 e. The summed E-state index contributed by atoms with van der Waals surface area (Å²) >= 11 is 3.81. The Kier molecular flexibility index (Phi) is 6.88. The molecule has 6 heteroatoms. The molecule has 1 fully saturated rings. The van der Waals surface area contributed by atoms with Crippen molar-refractivity contribution in [3.63, 3.8) is 0 Å². The molecule has 1 aliphatic rings. The minimum Gasteiger partial charge on any atom is -0.378 e. The lowest BCUT2D eigenvalue weighted by Crippen LogP contribution is -2.23. The molecular weight excluding hydrogens is 328 g/mol. The van der Waals surface area contributed by atoms with Gasteiger partial charge in [0.2, 0.25) is 0 Å². The highest BCUT2D eigenvalue weighted by atomic mass is 32.2. The van der Waals surface area contributed by atoms with Gasteiger partial charge in [-0.1, -0.05) is 18.2 Å². The number of thioether (sulfide) groups is 2. The van der Waals surface area contributed by atoms with E-state index in [1.54, 1.807) is 0 Å². The average molecular weight is 351 g/mol. The van der Waals surface area contributed by atoms with Gasteiger partial charge in [-0.25, -0.2) is 0 Å². The van der Waals surface area contributed by atoms with Crippen molar-refractivity contribution in [2.75, 3.05) is 54.6 Å². The lowest BCUT2D eigenvalue weighted by molar-refractivity contribution is 0.0605. The Bertz CT molecular complexity index is 593. The molecule has 0 N–H and O–H groups in total. The van der Waals surface area contributed by atoms with Gasteiger partial charge in [-0.2, -0.15) is 0 Å². The summed E-state index contributed by atoms with van der Waals surface area (Å²) in [5.74, 6) is 3.90. The fourth-order valence-electron chi connectivity index (χ4n) is 2.43. The van der Waals surface area contributed by atoms with E-state index in [0.717, 1.165) is 42.0 Å². The van der Waals surface area contributed by atoms with E-state index in [1.165, 1.54) is 11.1 Å². The summed E-state index contributed by atoms with van der Waals surface area (Å²) < 4.78 is 11.1. The first-order chi connectivity index (χ1) is 11.4. The molecule has 3 rings (SSSR count). The molecule has 1 aromatic carbocycles. The zero-order valence-electron chi connectivity index (χ0n) is 13.1. The van der Waals surface area contributed by atoms with Crippen LogP contribution in [-0.2, 0) is 9.47 Å². The number of benzene rings is 1. The number of aromatic nitrogens is 1. The second kappa shape index (κ2) is 9.37. The van der Waals surface area contributed by atoms with Crippen molar-refractivity contribution in [2.24, 2.45) is 0 Å². The van der Waals surface area contributed by atoms with Crippen molar-refractivity contribution in [3.8, 4) is 0 Å². The first kappa shape index (κ1) is 16.9. The summed E-state index contributed by atoms with van der Waals surface area (Å²) in [6.07, 6.45) is 1.87. The van der Waals surface area contributed by atoms with Crippen molar-refractivity contribution < 1.29 is 9.47 Å². The van der Waals surface area contributed by atoms with Crippen LogP contribution >= 0.6 is 23.5 Å². The van der Waals surface area contributed by atoms with Crippen molar-refractivity contribution in [1.29, 1.82) is 0 Å². The van der Waals surface area contributed by atoms with E-state index in [2.05, 4.69) is 34.1 Å². The van der Waals surface area contributed by atoms with Crippen molar-refractivity contribution >= 4 is 40.1 Å². The second-order valence-electron chi connectivity index (χ2n) is 5.19. The molecule has 0 amide bonds. The highest BCUT2D eigenvalue weighted by molar-refractivity contribution is 8.00.